The first-order valence-corrected chi connectivity index (χ1v) is 6.78. The van der Waals surface area contributed by atoms with Gasteiger partial charge < -0.3 is 14.6 Å². The van der Waals surface area contributed by atoms with E-state index in [0.717, 1.165) is 11.1 Å². The zero-order valence-corrected chi connectivity index (χ0v) is 13.0. The fraction of sp³-hybridized carbons (Fsp3) is 0.312. The predicted octanol–water partition coefficient (Wildman–Crippen LogP) is 2.33. The fourth-order valence-electron chi connectivity index (χ4n) is 1.89. The number of rotatable bonds is 4. The van der Waals surface area contributed by atoms with E-state index >= 15 is 0 Å². The van der Waals surface area contributed by atoms with Crippen LogP contribution < -0.4 is 5.32 Å². The molecule has 0 saturated heterocycles. The number of amides is 1. The normalized spacial score (nSPS) is 11.1. The molecule has 0 aliphatic heterocycles. The quantitative estimate of drug-likeness (QED) is 0.877. The molecule has 2 aromatic rings. The number of hydrogen-bond acceptors (Lipinski definition) is 5. The lowest BCUT2D eigenvalue weighted by atomic mass is 10.1. The molecule has 1 aromatic heterocycles. The van der Waals surface area contributed by atoms with Crippen LogP contribution in [-0.2, 0) is 9.53 Å². The van der Waals surface area contributed by atoms with E-state index in [-0.39, 0.29) is 5.76 Å². The molecule has 0 atom stereocenters. The molecule has 0 aliphatic rings. The summed E-state index contributed by atoms with van der Waals surface area (Å²) in [5.74, 6) is -1.03. The Morgan fingerprint density at radius 2 is 1.86 bits per heavy atom. The van der Waals surface area contributed by atoms with E-state index in [1.54, 1.807) is 13.8 Å². The van der Waals surface area contributed by atoms with Gasteiger partial charge in [0, 0.05) is 11.6 Å². The largest absolute Gasteiger partial charge is 0.467 e. The van der Waals surface area contributed by atoms with E-state index < -0.39 is 17.4 Å². The highest BCUT2D eigenvalue weighted by atomic mass is 16.5. The maximum Gasteiger partial charge on any atom is 0.330 e. The number of nitrogens with zero attached hydrogens (tertiary/aromatic N) is 1. The number of nitrogens with one attached hydrogen (secondary N) is 1. The van der Waals surface area contributed by atoms with Gasteiger partial charge in [0.05, 0.1) is 7.11 Å². The van der Waals surface area contributed by atoms with Crippen LogP contribution in [0.2, 0.25) is 0 Å². The summed E-state index contributed by atoms with van der Waals surface area (Å²) in [6.45, 7) is 5.09. The lowest BCUT2D eigenvalue weighted by Crippen LogP contribution is -2.50. The van der Waals surface area contributed by atoms with Gasteiger partial charge in [-0.25, -0.2) is 4.79 Å². The van der Waals surface area contributed by atoms with Crippen LogP contribution in [-0.4, -0.2) is 29.7 Å². The number of esters is 1. The maximum atomic E-state index is 12.1. The standard InChI is InChI=1S/C16H18N2O4/c1-10-5-7-11(8-6-10)12-9-13(22-18-12)14(19)17-16(2,3)15(20)21-4/h5-9H,1-4H3,(H,17,19). The van der Waals surface area contributed by atoms with Crippen LogP contribution in [0.15, 0.2) is 34.9 Å². The second-order valence-electron chi connectivity index (χ2n) is 5.51. The predicted molar refractivity (Wildman–Crippen MR) is 80.2 cm³/mol. The Hall–Kier alpha value is -2.63. The van der Waals surface area contributed by atoms with Crippen molar-refractivity contribution in [2.45, 2.75) is 26.3 Å². The number of hydrogen-bond donors (Lipinski definition) is 1. The van der Waals surface area contributed by atoms with Crippen molar-refractivity contribution >= 4 is 11.9 Å². The van der Waals surface area contributed by atoms with Gasteiger partial charge in [0.1, 0.15) is 11.2 Å². The van der Waals surface area contributed by atoms with Gasteiger partial charge >= 0.3 is 5.97 Å². The Balaban J connectivity index is 2.16. The number of carbonyl (C=O) groups is 2. The van der Waals surface area contributed by atoms with E-state index in [1.165, 1.54) is 13.2 Å². The molecule has 0 spiro atoms. The molecule has 2 rings (SSSR count). The average molecular weight is 302 g/mol. The van der Waals surface area contributed by atoms with Crippen molar-refractivity contribution in [1.82, 2.24) is 10.5 Å². The number of ether oxygens (including phenoxy) is 1. The lowest BCUT2D eigenvalue weighted by molar-refractivity contribution is -0.146. The zero-order valence-electron chi connectivity index (χ0n) is 13.0. The topological polar surface area (TPSA) is 81.4 Å². The third-order valence-corrected chi connectivity index (χ3v) is 3.20. The van der Waals surface area contributed by atoms with Gasteiger partial charge in [0.2, 0.25) is 5.76 Å². The van der Waals surface area contributed by atoms with Gasteiger partial charge in [-0.05, 0) is 20.8 Å². The highest BCUT2D eigenvalue weighted by Crippen LogP contribution is 2.20. The summed E-state index contributed by atoms with van der Waals surface area (Å²) in [5, 5.41) is 6.43. The highest BCUT2D eigenvalue weighted by molar-refractivity contribution is 5.96. The van der Waals surface area contributed by atoms with Gasteiger partial charge in [0.25, 0.3) is 5.91 Å². The van der Waals surface area contributed by atoms with Crippen LogP contribution in [0.1, 0.15) is 30.0 Å². The molecule has 0 radical (unpaired) electrons. The molecule has 0 fully saturated rings. The number of methoxy groups -OCH3 is 1. The van der Waals surface area contributed by atoms with E-state index in [2.05, 4.69) is 15.2 Å². The Labute approximate surface area is 128 Å². The number of benzene rings is 1. The Bertz CT molecular complexity index is 686. The van der Waals surface area contributed by atoms with Crippen LogP contribution >= 0.6 is 0 Å². The average Bonchev–Trinajstić information content (AvgIpc) is 2.96. The summed E-state index contributed by atoms with van der Waals surface area (Å²) in [4.78, 5) is 23.7. The SMILES string of the molecule is COC(=O)C(C)(C)NC(=O)c1cc(-c2ccc(C)cc2)no1. The van der Waals surface area contributed by atoms with E-state index in [1.807, 2.05) is 31.2 Å². The molecule has 0 saturated carbocycles. The summed E-state index contributed by atoms with van der Waals surface area (Å²) >= 11 is 0. The summed E-state index contributed by atoms with van der Waals surface area (Å²) in [6.07, 6.45) is 0. The summed E-state index contributed by atoms with van der Waals surface area (Å²) < 4.78 is 9.69. The molecule has 1 amide bonds. The van der Waals surface area contributed by atoms with Crippen LogP contribution in [0.3, 0.4) is 0 Å². The van der Waals surface area contributed by atoms with Crippen molar-refractivity contribution in [1.29, 1.82) is 0 Å². The molecule has 1 N–H and O–H groups in total. The van der Waals surface area contributed by atoms with Crippen molar-refractivity contribution in [2.75, 3.05) is 7.11 Å². The van der Waals surface area contributed by atoms with Crippen LogP contribution in [0, 0.1) is 6.92 Å². The zero-order chi connectivity index (χ0) is 16.3. The molecule has 0 unspecified atom stereocenters. The minimum atomic E-state index is -1.15. The molecule has 1 aromatic carbocycles. The Kier molecular flexibility index (Phi) is 4.30. The van der Waals surface area contributed by atoms with Crippen LogP contribution in [0.25, 0.3) is 11.3 Å². The van der Waals surface area contributed by atoms with E-state index in [9.17, 15) is 9.59 Å². The first kappa shape index (κ1) is 15.8. The third kappa shape index (κ3) is 3.33. The molecular weight excluding hydrogens is 284 g/mol. The van der Waals surface area contributed by atoms with Crippen molar-refractivity contribution in [2.24, 2.45) is 0 Å². The number of aryl methyl sites for hydroxylation is 1. The molecule has 22 heavy (non-hydrogen) atoms. The van der Waals surface area contributed by atoms with Gasteiger partial charge in [-0.1, -0.05) is 35.0 Å². The number of aromatic nitrogens is 1. The minimum Gasteiger partial charge on any atom is -0.467 e. The first-order valence-electron chi connectivity index (χ1n) is 6.78. The van der Waals surface area contributed by atoms with Crippen molar-refractivity contribution in [3.8, 4) is 11.3 Å². The van der Waals surface area contributed by atoms with Gasteiger partial charge in [-0.3, -0.25) is 4.79 Å². The van der Waals surface area contributed by atoms with E-state index in [0.29, 0.717) is 5.69 Å². The molecular formula is C16H18N2O4. The lowest BCUT2D eigenvalue weighted by Gasteiger charge is -2.22. The summed E-state index contributed by atoms with van der Waals surface area (Å²) in [7, 11) is 1.26. The molecule has 116 valence electrons. The Morgan fingerprint density at radius 1 is 1.23 bits per heavy atom. The number of carbonyl (C=O) groups excluding carboxylic acids is 2. The second kappa shape index (κ2) is 6.01. The van der Waals surface area contributed by atoms with Gasteiger partial charge in [-0.15, -0.1) is 0 Å². The van der Waals surface area contributed by atoms with Crippen LogP contribution in [0.4, 0.5) is 0 Å². The van der Waals surface area contributed by atoms with E-state index in [4.69, 9.17) is 4.52 Å². The molecule has 1 heterocycles. The molecule has 6 heteroatoms. The highest BCUT2D eigenvalue weighted by Gasteiger charge is 2.32. The van der Waals surface area contributed by atoms with Crippen LogP contribution in [0.5, 0.6) is 0 Å². The molecule has 0 aliphatic carbocycles. The molecule has 6 nitrogen and oxygen atoms in total. The summed E-state index contributed by atoms with van der Waals surface area (Å²) in [6, 6.07) is 9.22. The molecule has 0 bridgehead atoms. The minimum absolute atomic E-state index is 0.0348. The van der Waals surface area contributed by atoms with Crippen molar-refractivity contribution in [3.63, 3.8) is 0 Å². The monoisotopic (exact) mass is 302 g/mol. The smallest absolute Gasteiger partial charge is 0.330 e. The van der Waals surface area contributed by atoms with Crippen molar-refractivity contribution in [3.05, 3.63) is 41.7 Å². The van der Waals surface area contributed by atoms with Gasteiger partial charge in [0.15, 0.2) is 0 Å². The second-order valence-corrected chi connectivity index (χ2v) is 5.51. The first-order chi connectivity index (χ1) is 10.3. The summed E-state index contributed by atoms with van der Waals surface area (Å²) in [5.41, 5.74) is 1.38. The maximum absolute atomic E-state index is 12.1. The van der Waals surface area contributed by atoms with Gasteiger partial charge in [-0.2, -0.15) is 0 Å². The fourth-order valence-corrected chi connectivity index (χ4v) is 1.89. The third-order valence-electron chi connectivity index (χ3n) is 3.20. The van der Waals surface area contributed by atoms with Crippen molar-refractivity contribution < 1.29 is 18.8 Å². The Morgan fingerprint density at radius 3 is 2.45 bits per heavy atom.